The predicted molar refractivity (Wildman–Crippen MR) is 71.1 cm³/mol. The molecule has 2 aromatic rings. The second-order valence-electron chi connectivity index (χ2n) is 5.61. The van der Waals surface area contributed by atoms with E-state index in [9.17, 15) is 0 Å². The average Bonchev–Trinajstić information content (AvgIpc) is 2.60. The fourth-order valence-electron chi connectivity index (χ4n) is 1.90. The van der Waals surface area contributed by atoms with E-state index in [1.807, 2.05) is 30.1 Å². The summed E-state index contributed by atoms with van der Waals surface area (Å²) in [4.78, 5) is 6.44. The first-order chi connectivity index (χ1) is 7.87. The molecule has 0 aliphatic heterocycles. The number of rotatable bonds is 2. The van der Waals surface area contributed by atoms with Crippen molar-refractivity contribution in [2.45, 2.75) is 20.8 Å². The third-order valence-electron chi connectivity index (χ3n) is 2.48. The van der Waals surface area contributed by atoms with Crippen LogP contribution in [0.2, 0.25) is 0 Å². The summed E-state index contributed by atoms with van der Waals surface area (Å²) in [5.41, 5.74) is 8.18. The third-order valence-corrected chi connectivity index (χ3v) is 2.48. The van der Waals surface area contributed by atoms with Crippen LogP contribution >= 0.6 is 0 Å². The molecule has 2 N–H and O–H groups in total. The van der Waals surface area contributed by atoms with E-state index < -0.39 is 0 Å². The zero-order valence-corrected chi connectivity index (χ0v) is 10.8. The fourth-order valence-corrected chi connectivity index (χ4v) is 1.90. The highest BCUT2D eigenvalue weighted by Crippen LogP contribution is 2.27. The Balaban J connectivity index is 2.34. The van der Waals surface area contributed by atoms with Crippen LogP contribution in [0.15, 0.2) is 22.6 Å². The molecule has 0 saturated carbocycles. The van der Waals surface area contributed by atoms with Gasteiger partial charge in [0, 0.05) is 13.6 Å². The molecule has 1 heterocycles. The Hall–Kier alpha value is -1.71. The summed E-state index contributed by atoms with van der Waals surface area (Å²) in [6.07, 6.45) is 0. The largest absolute Gasteiger partial charge is 0.423 e. The van der Waals surface area contributed by atoms with Crippen molar-refractivity contribution in [3.05, 3.63) is 18.2 Å². The average molecular weight is 233 g/mol. The lowest BCUT2D eigenvalue weighted by Gasteiger charge is -2.25. The molecular formula is C13H19N3O. The van der Waals surface area contributed by atoms with Gasteiger partial charge in [-0.15, -0.1) is 0 Å². The first-order valence-corrected chi connectivity index (χ1v) is 5.73. The molecule has 0 aliphatic rings. The van der Waals surface area contributed by atoms with Crippen LogP contribution in [0, 0.1) is 5.41 Å². The highest BCUT2D eigenvalue weighted by Gasteiger charge is 2.18. The molecule has 1 aromatic carbocycles. The van der Waals surface area contributed by atoms with Gasteiger partial charge >= 0.3 is 0 Å². The molecule has 0 unspecified atom stereocenters. The molecule has 0 saturated heterocycles. The van der Waals surface area contributed by atoms with Crippen molar-refractivity contribution in [1.29, 1.82) is 0 Å². The van der Waals surface area contributed by atoms with Gasteiger partial charge < -0.3 is 15.1 Å². The van der Waals surface area contributed by atoms with Gasteiger partial charge in [-0.2, -0.15) is 4.98 Å². The molecule has 0 fully saturated rings. The summed E-state index contributed by atoms with van der Waals surface area (Å²) in [6.45, 7) is 7.42. The van der Waals surface area contributed by atoms with E-state index in [-0.39, 0.29) is 5.41 Å². The zero-order valence-electron chi connectivity index (χ0n) is 10.8. The molecule has 0 aliphatic carbocycles. The van der Waals surface area contributed by atoms with E-state index in [0.717, 1.165) is 17.6 Å². The van der Waals surface area contributed by atoms with Crippen LogP contribution in [-0.2, 0) is 0 Å². The summed E-state index contributed by atoms with van der Waals surface area (Å²) < 4.78 is 5.69. The van der Waals surface area contributed by atoms with Gasteiger partial charge in [0.05, 0.1) is 5.69 Å². The van der Waals surface area contributed by atoms with Crippen molar-refractivity contribution in [2.75, 3.05) is 24.2 Å². The van der Waals surface area contributed by atoms with Crippen LogP contribution in [0.4, 0.5) is 11.7 Å². The second-order valence-corrected chi connectivity index (χ2v) is 5.61. The number of anilines is 2. The van der Waals surface area contributed by atoms with E-state index >= 15 is 0 Å². The van der Waals surface area contributed by atoms with Crippen LogP contribution in [0.25, 0.3) is 11.1 Å². The monoisotopic (exact) mass is 233 g/mol. The summed E-state index contributed by atoms with van der Waals surface area (Å²) in [6, 6.07) is 6.20. The highest BCUT2D eigenvalue weighted by atomic mass is 16.4. The quantitative estimate of drug-likeness (QED) is 0.810. The highest BCUT2D eigenvalue weighted by molar-refractivity contribution is 5.86. The van der Waals surface area contributed by atoms with Gasteiger partial charge in [-0.1, -0.05) is 26.8 Å². The van der Waals surface area contributed by atoms with Crippen LogP contribution in [-0.4, -0.2) is 18.6 Å². The maximum Gasteiger partial charge on any atom is 0.298 e. The summed E-state index contributed by atoms with van der Waals surface area (Å²) in [5, 5.41) is 0. The minimum atomic E-state index is 0.195. The molecule has 92 valence electrons. The van der Waals surface area contributed by atoms with Gasteiger partial charge in [0.15, 0.2) is 5.58 Å². The van der Waals surface area contributed by atoms with Gasteiger partial charge in [0.1, 0.15) is 5.52 Å². The summed E-state index contributed by atoms with van der Waals surface area (Å²) in [7, 11) is 1.98. The van der Waals surface area contributed by atoms with Crippen molar-refractivity contribution < 1.29 is 4.42 Å². The molecule has 0 amide bonds. The van der Waals surface area contributed by atoms with Crippen LogP contribution < -0.4 is 10.6 Å². The first kappa shape index (κ1) is 11.8. The Morgan fingerprint density at radius 2 is 2.06 bits per heavy atom. The Kier molecular flexibility index (Phi) is 2.73. The molecule has 2 rings (SSSR count). The van der Waals surface area contributed by atoms with Crippen molar-refractivity contribution in [1.82, 2.24) is 4.98 Å². The number of hydrogen-bond donors (Lipinski definition) is 1. The summed E-state index contributed by atoms with van der Waals surface area (Å²) in [5.74, 6) is 0. The number of oxazole rings is 1. The first-order valence-electron chi connectivity index (χ1n) is 5.73. The van der Waals surface area contributed by atoms with Crippen LogP contribution in [0.3, 0.4) is 0 Å². The Labute approximate surface area is 101 Å². The minimum absolute atomic E-state index is 0.195. The number of nitrogen functional groups attached to an aromatic ring is 1. The van der Waals surface area contributed by atoms with Gasteiger partial charge in [0.2, 0.25) is 0 Å². The van der Waals surface area contributed by atoms with Crippen LogP contribution in [0.1, 0.15) is 20.8 Å². The molecule has 17 heavy (non-hydrogen) atoms. The van der Waals surface area contributed by atoms with Crippen molar-refractivity contribution in [3.8, 4) is 0 Å². The smallest absolute Gasteiger partial charge is 0.298 e. The number of para-hydroxylation sites is 1. The lowest BCUT2D eigenvalue weighted by atomic mass is 9.96. The number of hydrogen-bond acceptors (Lipinski definition) is 4. The molecule has 1 aromatic heterocycles. The molecule has 4 heteroatoms. The molecule has 4 nitrogen and oxygen atoms in total. The number of benzene rings is 1. The maximum atomic E-state index is 5.86. The lowest BCUT2D eigenvalue weighted by molar-refractivity contribution is 0.406. The normalized spacial score (nSPS) is 12.0. The van der Waals surface area contributed by atoms with Gasteiger partial charge in [-0.3, -0.25) is 0 Å². The van der Waals surface area contributed by atoms with Gasteiger partial charge in [0.25, 0.3) is 6.01 Å². The molecular weight excluding hydrogens is 214 g/mol. The van der Waals surface area contributed by atoms with Crippen molar-refractivity contribution in [2.24, 2.45) is 5.41 Å². The standard InChI is InChI=1S/C13H19N3O/c1-13(2,3)8-16(4)12-15-11-9(14)6-5-7-10(11)17-12/h5-7H,8,14H2,1-4H3. The van der Waals surface area contributed by atoms with E-state index in [1.54, 1.807) is 0 Å². The van der Waals surface area contributed by atoms with Gasteiger partial charge in [-0.05, 0) is 17.5 Å². The number of aromatic nitrogens is 1. The Morgan fingerprint density at radius 3 is 2.65 bits per heavy atom. The molecule has 0 radical (unpaired) electrons. The number of nitrogens with two attached hydrogens (primary N) is 1. The fraction of sp³-hybridized carbons (Fsp3) is 0.462. The number of nitrogens with zero attached hydrogens (tertiary/aromatic N) is 2. The predicted octanol–water partition coefficient (Wildman–Crippen LogP) is 2.89. The maximum absolute atomic E-state index is 5.86. The zero-order chi connectivity index (χ0) is 12.6. The SMILES string of the molecule is CN(CC(C)(C)C)c1nc2c(N)cccc2o1. The van der Waals surface area contributed by atoms with E-state index in [1.165, 1.54) is 0 Å². The minimum Gasteiger partial charge on any atom is -0.423 e. The topological polar surface area (TPSA) is 55.3 Å². The van der Waals surface area contributed by atoms with Gasteiger partial charge in [-0.25, -0.2) is 0 Å². The summed E-state index contributed by atoms with van der Waals surface area (Å²) >= 11 is 0. The van der Waals surface area contributed by atoms with E-state index in [0.29, 0.717) is 11.7 Å². The molecule has 0 atom stereocenters. The number of fused-ring (bicyclic) bond motifs is 1. The Bertz CT molecular complexity index is 525. The lowest BCUT2D eigenvalue weighted by Crippen LogP contribution is -2.29. The second kappa shape index (κ2) is 3.95. The molecule has 0 spiro atoms. The van der Waals surface area contributed by atoms with Crippen molar-refractivity contribution >= 4 is 22.8 Å². The van der Waals surface area contributed by atoms with Crippen LogP contribution in [0.5, 0.6) is 0 Å². The van der Waals surface area contributed by atoms with E-state index in [4.69, 9.17) is 10.2 Å². The Morgan fingerprint density at radius 1 is 1.35 bits per heavy atom. The van der Waals surface area contributed by atoms with E-state index in [2.05, 4.69) is 25.8 Å². The third kappa shape index (κ3) is 2.52. The van der Waals surface area contributed by atoms with Crippen molar-refractivity contribution in [3.63, 3.8) is 0 Å². The molecule has 0 bridgehead atoms.